The molecule has 1 saturated carbocycles. The molecule has 2 aromatic heterocycles. The topological polar surface area (TPSA) is 84.3 Å². The molecule has 0 saturated heterocycles. The second-order valence-electron chi connectivity index (χ2n) is 8.36. The fourth-order valence-electron chi connectivity index (χ4n) is 4.11. The summed E-state index contributed by atoms with van der Waals surface area (Å²) in [5.41, 5.74) is 3.54. The third-order valence-electron chi connectivity index (χ3n) is 5.96. The van der Waals surface area contributed by atoms with Crippen molar-refractivity contribution in [3.8, 4) is 21.6 Å². The summed E-state index contributed by atoms with van der Waals surface area (Å²) in [4.78, 5) is 13.3. The van der Waals surface area contributed by atoms with E-state index in [0.717, 1.165) is 40.2 Å². The molecule has 0 unspecified atom stereocenters. The van der Waals surface area contributed by atoms with Crippen molar-refractivity contribution in [1.82, 2.24) is 4.37 Å². The largest absolute Gasteiger partial charge is 0.478 e. The SMILES string of the molecule is Cc1sncc1-c1ccc(-c2ccc(F)s2)c(CS(=O)(=O)c2cc(C(=O)O)ccc2C2CC2)c1. The molecule has 0 aliphatic heterocycles. The van der Waals surface area contributed by atoms with Gasteiger partial charge in [0.25, 0.3) is 0 Å². The fraction of sp³-hybridized carbons (Fsp3) is 0.200. The lowest BCUT2D eigenvalue weighted by Gasteiger charge is -2.14. The Kier molecular flexibility index (Phi) is 5.87. The summed E-state index contributed by atoms with van der Waals surface area (Å²) in [5, 5.41) is 9.09. The van der Waals surface area contributed by atoms with Crippen LogP contribution in [-0.4, -0.2) is 23.9 Å². The molecular weight excluding hydrogens is 493 g/mol. The molecule has 0 spiro atoms. The predicted octanol–water partition coefficient (Wildman–Crippen LogP) is 6.54. The monoisotopic (exact) mass is 513 g/mol. The van der Waals surface area contributed by atoms with Gasteiger partial charge in [-0.3, -0.25) is 0 Å². The number of nitrogens with zero attached hydrogens (tertiary/aromatic N) is 1. The van der Waals surface area contributed by atoms with Crippen molar-refractivity contribution in [1.29, 1.82) is 0 Å². The highest BCUT2D eigenvalue weighted by Crippen LogP contribution is 2.44. The zero-order chi connectivity index (χ0) is 24.0. The number of halogens is 1. The molecule has 5 nitrogen and oxygen atoms in total. The van der Waals surface area contributed by atoms with E-state index in [2.05, 4.69) is 4.37 Å². The van der Waals surface area contributed by atoms with E-state index in [9.17, 15) is 22.7 Å². The standard InChI is InChI=1S/C25H20FNO4S3/c1-14-21(12-27-33-14)16-4-6-19(22-8-9-24(26)32-22)18(10-16)13-34(30,31)23-11-17(25(28)29)5-7-20(23)15-2-3-15/h4-12,15H,2-3,13H2,1H3,(H,28,29). The van der Waals surface area contributed by atoms with Crippen molar-refractivity contribution < 1.29 is 22.7 Å². The van der Waals surface area contributed by atoms with E-state index in [4.69, 9.17) is 0 Å². The van der Waals surface area contributed by atoms with Gasteiger partial charge in [-0.25, -0.2) is 17.6 Å². The van der Waals surface area contributed by atoms with E-state index in [1.165, 1.54) is 29.7 Å². The van der Waals surface area contributed by atoms with Crippen molar-refractivity contribution in [2.24, 2.45) is 0 Å². The van der Waals surface area contributed by atoms with Gasteiger partial charge in [0.2, 0.25) is 0 Å². The van der Waals surface area contributed by atoms with Gasteiger partial charge in [0.1, 0.15) is 0 Å². The Morgan fingerprint density at radius 2 is 1.91 bits per heavy atom. The summed E-state index contributed by atoms with van der Waals surface area (Å²) in [6.07, 6.45) is 3.52. The van der Waals surface area contributed by atoms with Gasteiger partial charge in [0.05, 0.1) is 16.2 Å². The van der Waals surface area contributed by atoms with Crippen LogP contribution in [-0.2, 0) is 15.6 Å². The number of thiophene rings is 1. The van der Waals surface area contributed by atoms with Crippen LogP contribution in [0, 0.1) is 12.1 Å². The minimum absolute atomic E-state index is 0.0581. The van der Waals surface area contributed by atoms with Gasteiger partial charge in [-0.2, -0.15) is 4.39 Å². The van der Waals surface area contributed by atoms with E-state index >= 15 is 0 Å². The zero-order valence-corrected chi connectivity index (χ0v) is 20.6. The number of carbonyl (C=O) groups is 1. The maximum absolute atomic E-state index is 13.8. The Morgan fingerprint density at radius 3 is 2.53 bits per heavy atom. The molecule has 4 aromatic rings. The van der Waals surface area contributed by atoms with E-state index in [-0.39, 0.29) is 27.3 Å². The third kappa shape index (κ3) is 4.43. The molecule has 0 atom stereocenters. The Morgan fingerprint density at radius 1 is 1.12 bits per heavy atom. The number of hydrogen-bond donors (Lipinski definition) is 1. The second kappa shape index (κ2) is 8.72. The van der Waals surface area contributed by atoms with E-state index < -0.39 is 15.8 Å². The molecule has 1 N–H and O–H groups in total. The third-order valence-corrected chi connectivity index (χ3v) is 9.29. The molecule has 0 radical (unpaired) electrons. The number of carboxylic acids is 1. The van der Waals surface area contributed by atoms with Crippen LogP contribution in [0.2, 0.25) is 0 Å². The highest BCUT2D eigenvalue weighted by molar-refractivity contribution is 7.90. The number of carboxylic acid groups (broad SMARTS) is 1. The molecule has 0 amide bonds. The maximum atomic E-state index is 13.8. The lowest BCUT2D eigenvalue weighted by atomic mass is 10.00. The average molecular weight is 514 g/mol. The number of benzene rings is 2. The zero-order valence-electron chi connectivity index (χ0n) is 18.1. The molecular formula is C25H20FNO4S3. The molecule has 0 bridgehead atoms. The molecule has 34 heavy (non-hydrogen) atoms. The van der Waals surface area contributed by atoms with Crippen LogP contribution < -0.4 is 0 Å². The molecule has 9 heteroatoms. The second-order valence-corrected chi connectivity index (χ2v) is 12.4. The van der Waals surface area contributed by atoms with Crippen LogP contribution in [0.5, 0.6) is 0 Å². The molecule has 1 fully saturated rings. The average Bonchev–Trinajstić information content (AvgIpc) is 3.42. The van der Waals surface area contributed by atoms with E-state index in [1.807, 2.05) is 25.1 Å². The van der Waals surface area contributed by atoms with Crippen LogP contribution in [0.4, 0.5) is 4.39 Å². The van der Waals surface area contributed by atoms with Gasteiger partial charge in [-0.05, 0) is 89.8 Å². The molecule has 2 aromatic carbocycles. The Bertz CT molecular complexity index is 1520. The summed E-state index contributed by atoms with van der Waals surface area (Å²) in [5.74, 6) is -1.37. The minimum Gasteiger partial charge on any atom is -0.478 e. The highest BCUT2D eigenvalue weighted by atomic mass is 32.2. The van der Waals surface area contributed by atoms with Gasteiger partial charge in [-0.15, -0.1) is 11.3 Å². The van der Waals surface area contributed by atoms with Crippen LogP contribution in [0.1, 0.15) is 45.1 Å². The van der Waals surface area contributed by atoms with Crippen molar-refractivity contribution in [2.75, 3.05) is 0 Å². The number of rotatable bonds is 7. The van der Waals surface area contributed by atoms with E-state index in [0.29, 0.717) is 21.6 Å². The first-order chi connectivity index (χ1) is 16.2. The smallest absolute Gasteiger partial charge is 0.335 e. The van der Waals surface area contributed by atoms with Crippen molar-refractivity contribution in [3.63, 3.8) is 0 Å². The Hall–Kier alpha value is -2.88. The van der Waals surface area contributed by atoms with E-state index in [1.54, 1.807) is 18.3 Å². The molecule has 174 valence electrons. The van der Waals surface area contributed by atoms with Crippen LogP contribution in [0.25, 0.3) is 21.6 Å². The van der Waals surface area contributed by atoms with Crippen molar-refractivity contribution >= 4 is 38.7 Å². The summed E-state index contributed by atoms with van der Waals surface area (Å²) in [6.45, 7) is 1.95. The molecule has 1 aliphatic rings. The maximum Gasteiger partial charge on any atom is 0.335 e. The van der Waals surface area contributed by atoms with Gasteiger partial charge in [0, 0.05) is 21.5 Å². The fourth-order valence-corrected chi connectivity index (χ4v) is 7.19. The lowest BCUT2D eigenvalue weighted by Crippen LogP contribution is -2.10. The first-order valence-electron chi connectivity index (χ1n) is 10.6. The molecule has 1 aliphatic carbocycles. The molecule has 5 rings (SSSR count). The summed E-state index contributed by atoms with van der Waals surface area (Å²) in [7, 11) is -3.89. The number of aromatic carboxylic acids is 1. The predicted molar refractivity (Wildman–Crippen MR) is 132 cm³/mol. The first-order valence-corrected chi connectivity index (χ1v) is 13.9. The summed E-state index contributed by atoms with van der Waals surface area (Å²) < 4.78 is 45.4. The first kappa shape index (κ1) is 22.9. The summed E-state index contributed by atoms with van der Waals surface area (Å²) in [6, 6.07) is 12.9. The van der Waals surface area contributed by atoms with Gasteiger partial charge in [-0.1, -0.05) is 18.2 Å². The number of aryl methyl sites for hydroxylation is 1. The van der Waals surface area contributed by atoms with Crippen molar-refractivity contribution in [3.05, 3.63) is 81.4 Å². The van der Waals surface area contributed by atoms with Crippen molar-refractivity contribution in [2.45, 2.75) is 36.3 Å². The minimum atomic E-state index is -3.89. The van der Waals surface area contributed by atoms with Crippen LogP contribution in [0.3, 0.4) is 0 Å². The lowest BCUT2D eigenvalue weighted by molar-refractivity contribution is 0.0696. The molecule has 2 heterocycles. The normalized spacial score (nSPS) is 13.8. The number of hydrogen-bond acceptors (Lipinski definition) is 6. The summed E-state index contributed by atoms with van der Waals surface area (Å²) >= 11 is 2.32. The number of sulfone groups is 1. The Balaban J connectivity index is 1.64. The van der Waals surface area contributed by atoms with Crippen LogP contribution >= 0.6 is 22.9 Å². The van der Waals surface area contributed by atoms with Crippen LogP contribution in [0.15, 0.2) is 59.6 Å². The number of aromatic nitrogens is 1. The van der Waals surface area contributed by atoms with Gasteiger partial charge >= 0.3 is 5.97 Å². The van der Waals surface area contributed by atoms with Gasteiger partial charge < -0.3 is 5.11 Å². The quantitative estimate of drug-likeness (QED) is 0.303. The van der Waals surface area contributed by atoms with Gasteiger partial charge in [0.15, 0.2) is 15.0 Å². The Labute approximate surface area is 204 Å². The highest BCUT2D eigenvalue weighted by Gasteiger charge is 2.32.